The van der Waals surface area contributed by atoms with Crippen molar-refractivity contribution in [2.75, 3.05) is 25.6 Å². The predicted octanol–water partition coefficient (Wildman–Crippen LogP) is 4.62. The zero-order valence-electron chi connectivity index (χ0n) is 17.4. The molecule has 0 atom stereocenters. The van der Waals surface area contributed by atoms with Crippen molar-refractivity contribution in [2.45, 2.75) is 26.4 Å². The fourth-order valence-electron chi connectivity index (χ4n) is 2.41. The number of anilines is 1. The Hall–Kier alpha value is -3.57. The zero-order chi connectivity index (χ0) is 22.3. The lowest BCUT2D eigenvalue weighted by molar-refractivity contribution is -0.384. The average molecular weight is 412 g/mol. The Kier molecular flexibility index (Phi) is 7.39. The second-order valence-electron chi connectivity index (χ2n) is 7.31. The van der Waals surface area contributed by atoms with Crippen molar-refractivity contribution in [3.8, 4) is 29.2 Å². The molecular formula is C22H24N2O6. The van der Waals surface area contributed by atoms with Crippen molar-refractivity contribution in [1.29, 1.82) is 0 Å². The van der Waals surface area contributed by atoms with E-state index >= 15 is 0 Å². The lowest BCUT2D eigenvalue weighted by atomic mass is 9.95. The highest BCUT2D eigenvalue weighted by Crippen LogP contribution is 2.33. The number of nitrogens with one attached hydrogen (secondary N) is 1. The number of amides is 1. The molecule has 0 fully saturated rings. The van der Waals surface area contributed by atoms with Crippen LogP contribution in [0.1, 0.15) is 26.3 Å². The number of hydrogen-bond donors (Lipinski definition) is 1. The summed E-state index contributed by atoms with van der Waals surface area (Å²) in [5, 5.41) is 13.6. The molecule has 0 bridgehead atoms. The van der Waals surface area contributed by atoms with Crippen LogP contribution >= 0.6 is 0 Å². The minimum atomic E-state index is -0.831. The first kappa shape index (κ1) is 22.7. The third-order valence-electron chi connectivity index (χ3n) is 3.83. The first-order chi connectivity index (χ1) is 14.1. The van der Waals surface area contributed by atoms with E-state index in [1.807, 2.05) is 0 Å². The van der Waals surface area contributed by atoms with Gasteiger partial charge in [-0.3, -0.25) is 15.4 Å². The lowest BCUT2D eigenvalue weighted by Gasteiger charge is -2.20. The Morgan fingerprint density at radius 1 is 1.17 bits per heavy atom. The van der Waals surface area contributed by atoms with Crippen LogP contribution in [0.5, 0.6) is 5.75 Å². The van der Waals surface area contributed by atoms with Crippen LogP contribution in [0.4, 0.5) is 16.2 Å². The molecule has 1 N–H and O–H groups in total. The number of rotatable bonds is 6. The summed E-state index contributed by atoms with van der Waals surface area (Å²) in [5.74, 6) is 2.50. The van der Waals surface area contributed by atoms with E-state index in [0.717, 1.165) is 0 Å². The number of carbonyl (C=O) groups excluding carboxylic acids is 1. The van der Waals surface area contributed by atoms with Gasteiger partial charge in [-0.2, -0.15) is 0 Å². The molecule has 0 aromatic heterocycles. The second kappa shape index (κ2) is 9.76. The Morgan fingerprint density at radius 2 is 1.77 bits per heavy atom. The van der Waals surface area contributed by atoms with Gasteiger partial charge in [-0.25, -0.2) is 4.79 Å². The van der Waals surface area contributed by atoms with Gasteiger partial charge in [0.2, 0.25) is 0 Å². The van der Waals surface area contributed by atoms with E-state index in [1.165, 1.54) is 30.4 Å². The maximum atomic E-state index is 11.9. The van der Waals surface area contributed by atoms with Crippen LogP contribution in [0.3, 0.4) is 0 Å². The lowest BCUT2D eigenvalue weighted by Crippen LogP contribution is -2.27. The zero-order valence-corrected chi connectivity index (χ0v) is 17.4. The molecule has 1 amide bonds. The quantitative estimate of drug-likeness (QED) is 0.275. The highest BCUT2D eigenvalue weighted by molar-refractivity contribution is 5.90. The molecule has 30 heavy (non-hydrogen) atoms. The second-order valence-corrected chi connectivity index (χ2v) is 7.31. The number of nitro benzene ring substituents is 1. The van der Waals surface area contributed by atoms with Crippen LogP contribution in [0.25, 0.3) is 11.1 Å². The van der Waals surface area contributed by atoms with Gasteiger partial charge in [0.1, 0.15) is 29.2 Å². The van der Waals surface area contributed by atoms with Crippen LogP contribution in [-0.2, 0) is 9.47 Å². The van der Waals surface area contributed by atoms with Crippen LogP contribution in [0.2, 0.25) is 0 Å². The number of hydrogen-bond acceptors (Lipinski definition) is 6. The van der Waals surface area contributed by atoms with Gasteiger partial charge in [0.15, 0.2) is 0 Å². The van der Waals surface area contributed by atoms with Crippen molar-refractivity contribution in [3.63, 3.8) is 0 Å². The number of benzene rings is 2. The van der Waals surface area contributed by atoms with Gasteiger partial charge in [-0.1, -0.05) is 30.2 Å². The van der Waals surface area contributed by atoms with E-state index < -0.39 is 22.3 Å². The smallest absolute Gasteiger partial charge is 0.412 e. The minimum Gasteiger partial charge on any atom is -0.491 e. The summed E-state index contributed by atoms with van der Waals surface area (Å²) in [4.78, 5) is 22.5. The topological polar surface area (TPSA) is 99.9 Å². The monoisotopic (exact) mass is 412 g/mol. The molecule has 2 aliphatic carbocycles. The molecule has 0 saturated carbocycles. The molecule has 0 aliphatic heterocycles. The van der Waals surface area contributed by atoms with Gasteiger partial charge in [0.25, 0.3) is 0 Å². The number of methoxy groups -OCH3 is 1. The van der Waals surface area contributed by atoms with Gasteiger partial charge in [-0.15, -0.1) is 6.42 Å². The molecule has 158 valence electrons. The number of carbonyl (C=O) groups is 1. The van der Waals surface area contributed by atoms with Crippen molar-refractivity contribution < 1.29 is 23.9 Å². The number of nitrogens with zero attached hydrogens (tertiary/aromatic N) is 1. The van der Waals surface area contributed by atoms with Crippen molar-refractivity contribution in [1.82, 2.24) is 0 Å². The summed E-state index contributed by atoms with van der Waals surface area (Å²) in [5.41, 5.74) is 1.59. The Morgan fingerprint density at radius 3 is 2.17 bits per heavy atom. The fraction of sp³-hybridized carbons (Fsp3) is 0.318. The first-order valence-corrected chi connectivity index (χ1v) is 9.16. The molecule has 8 heteroatoms. The third kappa shape index (κ3) is 6.22. The molecule has 3 rings (SSSR count). The Balaban J connectivity index is 0.000000443. The summed E-state index contributed by atoms with van der Waals surface area (Å²) in [7, 11) is 1.52. The van der Waals surface area contributed by atoms with Gasteiger partial charge >= 0.3 is 11.8 Å². The molecule has 0 spiro atoms. The van der Waals surface area contributed by atoms with Crippen LogP contribution in [0, 0.1) is 22.5 Å². The van der Waals surface area contributed by atoms with Gasteiger partial charge in [0, 0.05) is 19.2 Å². The molecule has 0 saturated heterocycles. The van der Waals surface area contributed by atoms with Gasteiger partial charge in [-0.05, 0) is 31.9 Å². The van der Waals surface area contributed by atoms with E-state index in [0.29, 0.717) is 6.61 Å². The maximum Gasteiger partial charge on any atom is 0.412 e. The summed E-state index contributed by atoms with van der Waals surface area (Å²) in [6.45, 7) is 5.59. The Bertz CT molecular complexity index is 934. The third-order valence-corrected chi connectivity index (χ3v) is 3.83. The molecule has 1 aromatic carbocycles. The first-order valence-electron chi connectivity index (χ1n) is 9.16. The van der Waals surface area contributed by atoms with Gasteiger partial charge in [0.05, 0.1) is 11.5 Å². The highest BCUT2D eigenvalue weighted by Gasteiger charge is 2.24. The van der Waals surface area contributed by atoms with Crippen molar-refractivity contribution in [3.05, 3.63) is 52.1 Å². The molecule has 0 radical (unpaired) electrons. The molecular weight excluding hydrogens is 388 g/mol. The predicted molar refractivity (Wildman–Crippen MR) is 114 cm³/mol. The van der Waals surface area contributed by atoms with E-state index in [2.05, 4.69) is 35.5 Å². The number of nitro groups is 1. The SMILES string of the molecule is C#Cc1cc(OCCOC)cc(NC(=O)OC(C)(C)C)c1[N+](=O)[O-].c1cc2ccc1-2. The van der Waals surface area contributed by atoms with Crippen LogP contribution in [-0.4, -0.2) is 36.9 Å². The van der Waals surface area contributed by atoms with Gasteiger partial charge < -0.3 is 14.2 Å². The van der Waals surface area contributed by atoms with Crippen LogP contribution < -0.4 is 10.1 Å². The number of ether oxygens (including phenoxy) is 3. The summed E-state index contributed by atoms with van der Waals surface area (Å²) >= 11 is 0. The summed E-state index contributed by atoms with van der Waals surface area (Å²) < 4.78 is 15.4. The van der Waals surface area contributed by atoms with E-state index in [1.54, 1.807) is 20.8 Å². The normalized spacial score (nSPS) is 10.8. The fourth-order valence-corrected chi connectivity index (χ4v) is 2.41. The Labute approximate surface area is 175 Å². The maximum absolute atomic E-state index is 11.9. The average Bonchev–Trinajstić information content (AvgIpc) is 2.63. The largest absolute Gasteiger partial charge is 0.491 e. The summed E-state index contributed by atoms with van der Waals surface area (Å²) in [6, 6.07) is 11.2. The minimum absolute atomic E-state index is 0.0130. The number of fused-ring (bicyclic) bond motifs is 1. The molecule has 0 heterocycles. The molecule has 0 unspecified atom stereocenters. The van der Waals surface area contributed by atoms with Crippen molar-refractivity contribution >= 4 is 17.5 Å². The number of terminal acetylenes is 1. The van der Waals surface area contributed by atoms with E-state index in [-0.39, 0.29) is 23.6 Å². The standard InChI is InChI=1S/C16H20N2O6.C6H4/c1-6-11-9-12(23-8-7-22-5)10-13(14(11)18(20)21)17-15(19)24-16(2,3)4;1-2-6-4-3-5(1)6/h1,9-10H,7-8H2,2-5H3,(H,17,19);1-4H. The van der Waals surface area contributed by atoms with Crippen molar-refractivity contribution in [2.24, 2.45) is 0 Å². The van der Waals surface area contributed by atoms with E-state index in [4.69, 9.17) is 20.6 Å². The summed E-state index contributed by atoms with van der Waals surface area (Å²) in [6.07, 6.45) is 4.50. The van der Waals surface area contributed by atoms with Crippen LogP contribution in [0.15, 0.2) is 36.4 Å². The highest BCUT2D eigenvalue weighted by atomic mass is 16.6. The van der Waals surface area contributed by atoms with E-state index in [9.17, 15) is 14.9 Å². The molecule has 2 aliphatic rings. The molecule has 8 nitrogen and oxygen atoms in total. The molecule has 1 aromatic rings.